The quantitative estimate of drug-likeness (QED) is 0.320. The number of hydrogen-bond acceptors (Lipinski definition) is 10. The molecule has 0 radical (unpaired) electrons. The Balaban J connectivity index is 1.17. The van der Waals surface area contributed by atoms with E-state index in [4.69, 9.17) is 13.9 Å². The summed E-state index contributed by atoms with van der Waals surface area (Å²) < 4.78 is 44.8. The average molecular weight is 721 g/mol. The molecule has 0 bridgehead atoms. The molecular weight excluding hydrogens is 673 g/mol. The summed E-state index contributed by atoms with van der Waals surface area (Å²) in [6.07, 6.45) is 3.96. The third kappa shape index (κ3) is 6.31. The Morgan fingerprint density at radius 3 is 2.43 bits per heavy atom. The molecule has 12 nitrogen and oxygen atoms in total. The summed E-state index contributed by atoms with van der Waals surface area (Å²) >= 11 is 0. The van der Waals surface area contributed by atoms with Crippen LogP contribution >= 0.6 is 0 Å². The molecular formula is C38H48N4O8S. The van der Waals surface area contributed by atoms with Gasteiger partial charge in [-0.3, -0.25) is 14.5 Å². The number of carbonyl (C=O) groups is 2. The predicted octanol–water partition coefficient (Wildman–Crippen LogP) is 4.23. The third-order valence-electron chi connectivity index (χ3n) is 11.6. The number of ether oxygens (including phenoxy) is 2. The number of sulfonamides is 1. The van der Waals surface area contributed by atoms with Crippen LogP contribution in [0.1, 0.15) is 87.6 Å². The molecule has 2 aliphatic heterocycles. The van der Waals surface area contributed by atoms with Gasteiger partial charge in [0.2, 0.25) is 10.0 Å². The topological polar surface area (TPSA) is 139 Å². The molecule has 4 aliphatic rings. The first-order valence-electron chi connectivity index (χ1n) is 17.9. The smallest absolute Gasteiger partial charge is 0.341 e. The highest BCUT2D eigenvalue weighted by molar-refractivity contribution is 7.91. The molecule has 51 heavy (non-hydrogen) atoms. The molecule has 13 heteroatoms. The second-order valence-electron chi connectivity index (χ2n) is 15.1. The van der Waals surface area contributed by atoms with Gasteiger partial charge in [0, 0.05) is 61.1 Å². The summed E-state index contributed by atoms with van der Waals surface area (Å²) in [6.45, 7) is 11.1. The average Bonchev–Trinajstić information content (AvgIpc) is 3.84. The zero-order valence-electron chi connectivity index (χ0n) is 30.4. The van der Waals surface area contributed by atoms with Gasteiger partial charge in [-0.05, 0) is 103 Å². The first-order chi connectivity index (χ1) is 24.2. The van der Waals surface area contributed by atoms with Crippen molar-refractivity contribution in [3.8, 4) is 5.75 Å². The van der Waals surface area contributed by atoms with Crippen LogP contribution < -0.4 is 20.0 Å². The van der Waals surface area contributed by atoms with E-state index in [0.717, 1.165) is 66.7 Å². The second-order valence-corrected chi connectivity index (χ2v) is 17.3. The van der Waals surface area contributed by atoms with Crippen molar-refractivity contribution >= 4 is 38.5 Å². The number of methoxy groups -OCH3 is 1. The molecule has 0 spiro atoms. The highest BCUT2D eigenvalue weighted by Gasteiger charge is 2.51. The van der Waals surface area contributed by atoms with Crippen molar-refractivity contribution < 1.29 is 31.9 Å². The van der Waals surface area contributed by atoms with Crippen molar-refractivity contribution in [1.29, 1.82) is 0 Å². The molecule has 3 aromatic rings. The van der Waals surface area contributed by atoms with E-state index in [-0.39, 0.29) is 35.9 Å². The fourth-order valence-electron chi connectivity index (χ4n) is 7.62. The Bertz CT molecular complexity index is 2090. The van der Waals surface area contributed by atoms with E-state index in [1.165, 1.54) is 6.07 Å². The number of hydrogen-bond donors (Lipinski definition) is 1. The van der Waals surface area contributed by atoms with Gasteiger partial charge in [-0.2, -0.15) is 0 Å². The van der Waals surface area contributed by atoms with Crippen LogP contribution in [0, 0.1) is 20.8 Å². The molecule has 2 aromatic carbocycles. The van der Waals surface area contributed by atoms with E-state index in [9.17, 15) is 22.8 Å². The largest absolute Gasteiger partial charge is 0.489 e. The standard InChI is InChI=1S/C38H48N4O8S/c1-22-18-31(41-17-16-40(5)25(19-41)21-48-6)24(3)34-32(22)28-12-15-42(20-30(28)37(45)50-34)36(44)27-10-11-29(33(23(27)2)49-26-8-7-9-26)35(43)39-51(46,47)38(4)13-14-38/h10-11,18,25-26H,7-9,12-17,19-21H2,1-6H3,(H,39,43)/t25-/m1/s1. The lowest BCUT2D eigenvalue weighted by Crippen LogP contribution is -2.53. The van der Waals surface area contributed by atoms with E-state index < -0.39 is 26.3 Å². The normalized spacial score (nSPS) is 20.5. The van der Waals surface area contributed by atoms with E-state index in [2.05, 4.69) is 27.6 Å². The van der Waals surface area contributed by atoms with Crippen LogP contribution in [-0.2, 0) is 27.7 Å². The summed E-state index contributed by atoms with van der Waals surface area (Å²) in [4.78, 5) is 47.4. The first kappa shape index (κ1) is 35.5. The van der Waals surface area contributed by atoms with Crippen LogP contribution in [0.2, 0.25) is 0 Å². The Hall–Kier alpha value is -3.94. The van der Waals surface area contributed by atoms with Crippen LogP contribution in [0.15, 0.2) is 27.4 Å². The number of anilines is 1. The van der Waals surface area contributed by atoms with Gasteiger partial charge < -0.3 is 23.7 Å². The number of aryl methyl sites for hydroxylation is 2. The molecule has 274 valence electrons. The minimum atomic E-state index is -3.87. The number of piperazine rings is 1. The summed E-state index contributed by atoms with van der Waals surface area (Å²) in [5.41, 5.74) is 5.40. The maximum Gasteiger partial charge on any atom is 0.341 e. The van der Waals surface area contributed by atoms with Crippen LogP contribution in [0.3, 0.4) is 0 Å². The van der Waals surface area contributed by atoms with Gasteiger partial charge >= 0.3 is 5.63 Å². The van der Waals surface area contributed by atoms with Crippen molar-refractivity contribution in [2.75, 3.05) is 51.8 Å². The van der Waals surface area contributed by atoms with Crippen molar-refractivity contribution in [3.05, 3.63) is 67.6 Å². The van der Waals surface area contributed by atoms with Gasteiger partial charge in [0.15, 0.2) is 0 Å². The number of nitrogens with zero attached hydrogens (tertiary/aromatic N) is 3. The van der Waals surface area contributed by atoms with Crippen molar-refractivity contribution in [3.63, 3.8) is 0 Å². The monoisotopic (exact) mass is 720 g/mol. The summed E-state index contributed by atoms with van der Waals surface area (Å²) in [5, 5.41) is 0.929. The Morgan fingerprint density at radius 2 is 1.76 bits per heavy atom. The number of benzene rings is 2. The van der Waals surface area contributed by atoms with Crippen molar-refractivity contribution in [2.45, 2.75) is 89.7 Å². The molecule has 1 saturated heterocycles. The van der Waals surface area contributed by atoms with Crippen LogP contribution in [0.5, 0.6) is 5.75 Å². The van der Waals surface area contributed by atoms with Crippen LogP contribution in [0.25, 0.3) is 11.0 Å². The molecule has 0 unspecified atom stereocenters. The molecule has 1 atom stereocenters. The number of carbonyl (C=O) groups excluding carboxylic acids is 2. The molecule has 3 fully saturated rings. The fourth-order valence-corrected chi connectivity index (χ4v) is 8.86. The minimum Gasteiger partial charge on any atom is -0.489 e. The van der Waals surface area contributed by atoms with Gasteiger partial charge in [-0.15, -0.1) is 0 Å². The Labute approximate surface area is 299 Å². The minimum absolute atomic E-state index is 0.0795. The third-order valence-corrected chi connectivity index (χ3v) is 13.8. The number of rotatable bonds is 9. The highest BCUT2D eigenvalue weighted by Crippen LogP contribution is 2.43. The van der Waals surface area contributed by atoms with Gasteiger partial charge in [-0.1, -0.05) is 0 Å². The van der Waals surface area contributed by atoms with Gasteiger partial charge in [-0.25, -0.2) is 17.9 Å². The lowest BCUT2D eigenvalue weighted by molar-refractivity contribution is 0.0728. The van der Waals surface area contributed by atoms with E-state index in [0.29, 0.717) is 54.7 Å². The van der Waals surface area contributed by atoms with Crippen LogP contribution in [-0.4, -0.2) is 93.9 Å². The number of likely N-dealkylation sites (N-methyl/N-ethyl adjacent to an activating group) is 1. The second kappa shape index (κ2) is 13.2. The molecule has 1 aromatic heterocycles. The van der Waals surface area contributed by atoms with Gasteiger partial charge in [0.05, 0.1) is 41.2 Å². The molecule has 2 amide bonds. The summed E-state index contributed by atoms with van der Waals surface area (Å²) in [7, 11) is -0.0418. The number of nitrogens with one attached hydrogen (secondary N) is 1. The molecule has 2 aliphatic carbocycles. The van der Waals surface area contributed by atoms with Gasteiger partial charge in [0.25, 0.3) is 11.8 Å². The maximum absolute atomic E-state index is 14.1. The molecule has 7 rings (SSSR count). The van der Waals surface area contributed by atoms with Crippen LogP contribution in [0.4, 0.5) is 5.69 Å². The first-order valence-corrected chi connectivity index (χ1v) is 19.4. The number of fused-ring (bicyclic) bond motifs is 3. The molecule has 1 N–H and O–H groups in total. The lowest BCUT2D eigenvalue weighted by atomic mass is 9.92. The Morgan fingerprint density at radius 1 is 1.04 bits per heavy atom. The SMILES string of the molecule is COC[C@H]1CN(c2cc(C)c3c4c(c(=O)oc3c2C)CN(C(=O)c2ccc(C(=O)NS(=O)(=O)C3(C)CC3)c(OC3CCC3)c2C)CC4)CCN1C. The predicted molar refractivity (Wildman–Crippen MR) is 194 cm³/mol. The van der Waals surface area contributed by atoms with E-state index >= 15 is 0 Å². The van der Waals surface area contributed by atoms with Crippen molar-refractivity contribution in [2.24, 2.45) is 0 Å². The molecule has 3 heterocycles. The summed E-state index contributed by atoms with van der Waals surface area (Å²) in [6, 6.07) is 5.46. The Kier molecular flexibility index (Phi) is 9.20. The zero-order valence-corrected chi connectivity index (χ0v) is 31.2. The molecule has 2 saturated carbocycles. The lowest BCUT2D eigenvalue weighted by Gasteiger charge is -2.41. The fraction of sp³-hybridized carbons (Fsp3) is 0.553. The summed E-state index contributed by atoms with van der Waals surface area (Å²) in [5.74, 6) is -0.852. The zero-order chi connectivity index (χ0) is 36.4. The van der Waals surface area contributed by atoms with E-state index in [1.54, 1.807) is 31.9 Å². The maximum atomic E-state index is 14.1. The van der Waals surface area contributed by atoms with E-state index in [1.807, 2.05) is 13.8 Å². The number of amides is 2. The highest BCUT2D eigenvalue weighted by atomic mass is 32.2. The van der Waals surface area contributed by atoms with Crippen molar-refractivity contribution in [1.82, 2.24) is 14.5 Å². The van der Waals surface area contributed by atoms with Gasteiger partial charge in [0.1, 0.15) is 11.3 Å².